The number of rotatable bonds is 7. The number of carbonyl (C=O) groups is 1. The van der Waals surface area contributed by atoms with Crippen LogP contribution in [-0.4, -0.2) is 77.5 Å². The zero-order chi connectivity index (χ0) is 26.8. The summed E-state index contributed by atoms with van der Waals surface area (Å²) in [6.45, 7) is 2.48. The Labute approximate surface area is 225 Å². The Morgan fingerprint density at radius 2 is 1.92 bits per heavy atom. The molecule has 200 valence electrons. The number of piperidine rings is 1. The van der Waals surface area contributed by atoms with Crippen molar-refractivity contribution in [1.82, 2.24) is 19.9 Å². The van der Waals surface area contributed by atoms with E-state index in [2.05, 4.69) is 26.3 Å². The fourth-order valence-electron chi connectivity index (χ4n) is 5.07. The number of nitriles is 1. The van der Waals surface area contributed by atoms with E-state index in [-0.39, 0.29) is 30.1 Å². The maximum Gasteiger partial charge on any atom is 0.259 e. The van der Waals surface area contributed by atoms with Crippen LogP contribution in [0.5, 0.6) is 11.6 Å². The molecule has 0 aliphatic carbocycles. The van der Waals surface area contributed by atoms with Crippen LogP contribution < -0.4 is 14.8 Å². The van der Waals surface area contributed by atoms with Crippen molar-refractivity contribution in [2.45, 2.75) is 37.6 Å². The predicted molar refractivity (Wildman–Crippen MR) is 140 cm³/mol. The van der Waals surface area contributed by atoms with Gasteiger partial charge >= 0.3 is 0 Å². The van der Waals surface area contributed by atoms with Crippen molar-refractivity contribution in [2.75, 3.05) is 38.7 Å². The van der Waals surface area contributed by atoms with Crippen LogP contribution in [0.3, 0.4) is 0 Å². The smallest absolute Gasteiger partial charge is 0.259 e. The molecule has 4 aliphatic heterocycles. The molecule has 2 aromatic heterocycles. The molecule has 1 N–H and O–H groups in total. The third kappa shape index (κ3) is 5.34. The van der Waals surface area contributed by atoms with E-state index in [9.17, 15) is 10.1 Å². The highest BCUT2D eigenvalue weighted by Crippen LogP contribution is 2.31. The van der Waals surface area contributed by atoms with Crippen molar-refractivity contribution in [1.29, 1.82) is 5.26 Å². The number of amides is 1. The van der Waals surface area contributed by atoms with Crippen molar-refractivity contribution in [2.24, 2.45) is 0 Å². The molecule has 2 atom stereocenters. The molecule has 4 fully saturated rings. The molecule has 1 amide bonds. The molecule has 0 spiro atoms. The summed E-state index contributed by atoms with van der Waals surface area (Å²) in [5, 5.41) is 12.8. The average Bonchev–Trinajstić information content (AvgIpc) is 2.97. The van der Waals surface area contributed by atoms with Crippen LogP contribution in [-0.2, 0) is 9.47 Å². The predicted octanol–water partition coefficient (Wildman–Crippen LogP) is 3.33. The van der Waals surface area contributed by atoms with Crippen molar-refractivity contribution in [3.05, 3.63) is 53.7 Å². The molecule has 39 heavy (non-hydrogen) atoms. The second-order valence-corrected chi connectivity index (χ2v) is 9.72. The standard InChI is InChI=1S/C28H28N6O5/c1-36-26-22(27(35)34-15-20-13-21(16-34)38-20)3-5-25(32-26)33-28-30-9-6-23(31-28)17-2-4-24(18(12-17)14-29)39-19-7-10-37-11-8-19/h2-6,9,12,19-21H,7-8,10-11,13,15-16H2,1H3,(H,30,31,32,33). The summed E-state index contributed by atoms with van der Waals surface area (Å²) in [5.74, 6) is 1.40. The molecule has 6 heterocycles. The Balaban J connectivity index is 1.17. The summed E-state index contributed by atoms with van der Waals surface area (Å²) in [6.07, 6.45) is 4.52. The summed E-state index contributed by atoms with van der Waals surface area (Å²) < 4.78 is 22.5. The molecule has 4 aliphatic rings. The van der Waals surface area contributed by atoms with Gasteiger partial charge in [0, 0.05) is 44.1 Å². The number of methoxy groups -OCH3 is 1. The van der Waals surface area contributed by atoms with Crippen molar-refractivity contribution >= 4 is 17.7 Å². The molecule has 2 unspecified atom stereocenters. The molecule has 7 rings (SSSR count). The van der Waals surface area contributed by atoms with Crippen molar-refractivity contribution < 1.29 is 23.7 Å². The Hall–Kier alpha value is -4.27. The van der Waals surface area contributed by atoms with Gasteiger partial charge in [0.1, 0.15) is 29.3 Å². The molecule has 4 saturated heterocycles. The molecule has 11 heteroatoms. The lowest BCUT2D eigenvalue weighted by Crippen LogP contribution is -2.58. The zero-order valence-corrected chi connectivity index (χ0v) is 21.5. The van der Waals surface area contributed by atoms with Crippen LogP contribution in [0.25, 0.3) is 11.3 Å². The fourth-order valence-corrected chi connectivity index (χ4v) is 5.07. The summed E-state index contributed by atoms with van der Waals surface area (Å²) in [7, 11) is 1.49. The van der Waals surface area contributed by atoms with Gasteiger partial charge in [-0.25, -0.2) is 9.97 Å². The molecular weight excluding hydrogens is 500 g/mol. The van der Waals surface area contributed by atoms with Gasteiger partial charge in [0.2, 0.25) is 11.8 Å². The molecule has 1 aromatic carbocycles. The first-order valence-corrected chi connectivity index (χ1v) is 13.0. The molecule has 0 saturated carbocycles. The number of fused-ring (bicyclic) bond motifs is 2. The number of ether oxygens (including phenoxy) is 4. The number of hydrogen-bond donors (Lipinski definition) is 1. The van der Waals surface area contributed by atoms with E-state index in [0.717, 1.165) is 24.8 Å². The second-order valence-electron chi connectivity index (χ2n) is 9.72. The molecule has 11 nitrogen and oxygen atoms in total. The first-order valence-electron chi connectivity index (χ1n) is 13.0. The van der Waals surface area contributed by atoms with Gasteiger partial charge in [-0.3, -0.25) is 4.79 Å². The summed E-state index contributed by atoms with van der Waals surface area (Å²) in [4.78, 5) is 28.2. The van der Waals surface area contributed by atoms with Gasteiger partial charge in [0.15, 0.2) is 0 Å². The van der Waals surface area contributed by atoms with E-state index < -0.39 is 0 Å². The highest BCUT2D eigenvalue weighted by molar-refractivity contribution is 5.97. The van der Waals surface area contributed by atoms with Crippen molar-refractivity contribution in [3.63, 3.8) is 0 Å². The Kier molecular flexibility index (Phi) is 6.96. The lowest BCUT2D eigenvalue weighted by molar-refractivity contribution is -0.171. The monoisotopic (exact) mass is 528 g/mol. The first-order chi connectivity index (χ1) is 19.1. The summed E-state index contributed by atoms with van der Waals surface area (Å²) >= 11 is 0. The normalized spacial score (nSPS) is 20.5. The number of pyridine rings is 1. The quantitative estimate of drug-likeness (QED) is 0.487. The van der Waals surface area contributed by atoms with Gasteiger partial charge < -0.3 is 29.2 Å². The van der Waals surface area contributed by atoms with Gasteiger partial charge in [0.05, 0.1) is 43.8 Å². The second kappa shape index (κ2) is 10.8. The topological polar surface area (TPSA) is 132 Å². The Morgan fingerprint density at radius 3 is 2.67 bits per heavy atom. The van der Waals surface area contributed by atoms with Gasteiger partial charge in [-0.2, -0.15) is 10.2 Å². The van der Waals surface area contributed by atoms with Gasteiger partial charge in [-0.15, -0.1) is 0 Å². The molecular formula is C28H28N6O5. The third-order valence-corrected chi connectivity index (χ3v) is 7.08. The van der Waals surface area contributed by atoms with E-state index in [1.165, 1.54) is 7.11 Å². The minimum absolute atomic E-state index is 0.0391. The number of nitrogens with one attached hydrogen (secondary N) is 1. The minimum Gasteiger partial charge on any atom is -0.489 e. The summed E-state index contributed by atoms with van der Waals surface area (Å²) in [5.41, 5.74) is 2.22. The number of hydrogen-bond acceptors (Lipinski definition) is 10. The Morgan fingerprint density at radius 1 is 1.13 bits per heavy atom. The lowest BCUT2D eigenvalue weighted by Gasteiger charge is -2.47. The van der Waals surface area contributed by atoms with Crippen LogP contribution in [0, 0.1) is 11.3 Å². The SMILES string of the molecule is COc1nc(Nc2nccc(-c3ccc(OC4CCOCC4)c(C#N)c3)n2)ccc1C(=O)N1CC2CC(C1)O2. The van der Waals surface area contributed by atoms with Crippen LogP contribution in [0.2, 0.25) is 0 Å². The van der Waals surface area contributed by atoms with Crippen LogP contribution in [0.15, 0.2) is 42.6 Å². The van der Waals surface area contributed by atoms with E-state index in [0.29, 0.717) is 60.6 Å². The van der Waals surface area contributed by atoms with Gasteiger partial charge in [-0.05, 0) is 36.4 Å². The zero-order valence-electron chi connectivity index (χ0n) is 21.5. The van der Waals surface area contributed by atoms with E-state index in [4.69, 9.17) is 18.9 Å². The minimum atomic E-state index is -0.125. The van der Waals surface area contributed by atoms with Crippen molar-refractivity contribution in [3.8, 4) is 29.0 Å². The number of aromatic nitrogens is 3. The molecule has 0 radical (unpaired) electrons. The number of anilines is 2. The number of morpholine rings is 1. The number of nitrogens with zero attached hydrogens (tertiary/aromatic N) is 5. The van der Waals surface area contributed by atoms with E-state index in [1.54, 1.807) is 41.4 Å². The maximum atomic E-state index is 13.1. The number of carbonyl (C=O) groups excluding carboxylic acids is 1. The van der Waals surface area contributed by atoms with Crippen LogP contribution >= 0.6 is 0 Å². The highest BCUT2D eigenvalue weighted by Gasteiger charge is 2.40. The molecule has 3 aromatic rings. The average molecular weight is 529 g/mol. The van der Waals surface area contributed by atoms with Gasteiger partial charge in [0.25, 0.3) is 5.91 Å². The number of benzene rings is 1. The van der Waals surface area contributed by atoms with E-state index in [1.807, 2.05) is 6.07 Å². The maximum absolute atomic E-state index is 13.1. The summed E-state index contributed by atoms with van der Waals surface area (Å²) in [6, 6.07) is 12.8. The first kappa shape index (κ1) is 25.0. The van der Waals surface area contributed by atoms with Crippen LogP contribution in [0.1, 0.15) is 35.2 Å². The Bertz CT molecular complexity index is 1400. The van der Waals surface area contributed by atoms with Gasteiger partial charge in [-0.1, -0.05) is 0 Å². The third-order valence-electron chi connectivity index (χ3n) is 7.08. The van der Waals surface area contributed by atoms with Crippen LogP contribution in [0.4, 0.5) is 11.8 Å². The molecule has 2 bridgehead atoms. The lowest BCUT2D eigenvalue weighted by atomic mass is 9.98. The highest BCUT2D eigenvalue weighted by atomic mass is 16.5. The largest absolute Gasteiger partial charge is 0.489 e. The van der Waals surface area contributed by atoms with E-state index >= 15 is 0 Å². The fraction of sp³-hybridized carbons (Fsp3) is 0.393.